The van der Waals surface area contributed by atoms with Crippen LogP contribution in [0.5, 0.6) is 0 Å². The van der Waals surface area contributed by atoms with E-state index in [4.69, 9.17) is 0 Å². The molecule has 0 saturated heterocycles. The zero-order valence-electron chi connectivity index (χ0n) is 17.3. The molecule has 0 unspecified atom stereocenters. The molecular weight excluding hydrogens is 388 g/mol. The summed E-state index contributed by atoms with van der Waals surface area (Å²) in [6.07, 6.45) is 5.48. The molecule has 0 aliphatic rings. The monoisotopic (exact) mass is 410 g/mol. The van der Waals surface area contributed by atoms with Crippen LogP contribution in [0.15, 0.2) is 73.2 Å². The van der Waals surface area contributed by atoms with E-state index in [-0.39, 0.29) is 12.3 Å². The first kappa shape index (κ1) is 20.2. The van der Waals surface area contributed by atoms with Crippen LogP contribution in [-0.4, -0.2) is 25.8 Å². The van der Waals surface area contributed by atoms with E-state index in [2.05, 4.69) is 30.6 Å². The Kier molecular flexibility index (Phi) is 5.93. The number of hydrogen-bond acceptors (Lipinski definition) is 6. The summed E-state index contributed by atoms with van der Waals surface area (Å²) in [5, 5.41) is 6.11. The van der Waals surface area contributed by atoms with Crippen molar-refractivity contribution in [3.05, 3.63) is 90.3 Å². The molecule has 4 rings (SSSR count). The molecule has 0 aliphatic heterocycles. The third-order valence-electron chi connectivity index (χ3n) is 4.73. The molecule has 0 radical (unpaired) electrons. The molecule has 0 aliphatic carbocycles. The molecule has 0 atom stereocenters. The number of amides is 1. The highest BCUT2D eigenvalue weighted by Crippen LogP contribution is 2.24. The van der Waals surface area contributed by atoms with Crippen molar-refractivity contribution in [1.29, 1.82) is 0 Å². The maximum Gasteiger partial charge on any atom is 0.228 e. The van der Waals surface area contributed by atoms with Gasteiger partial charge in [0.05, 0.1) is 6.42 Å². The Balaban J connectivity index is 1.53. The van der Waals surface area contributed by atoms with Gasteiger partial charge in [0.25, 0.3) is 0 Å². The second-order valence-electron chi connectivity index (χ2n) is 7.10. The fraction of sp³-hybridized carbons (Fsp3) is 0.125. The summed E-state index contributed by atoms with van der Waals surface area (Å²) in [5.41, 5.74) is 4.34. The smallest absolute Gasteiger partial charge is 0.228 e. The number of carbonyl (C=O) groups excluding carboxylic acids is 1. The highest BCUT2D eigenvalue weighted by molar-refractivity contribution is 5.92. The Bertz CT molecular complexity index is 1210. The maximum absolute atomic E-state index is 12.5. The normalized spacial score (nSPS) is 10.5. The van der Waals surface area contributed by atoms with Crippen LogP contribution in [0.1, 0.15) is 17.1 Å². The SMILES string of the molecule is Cc1nccc(Nc2cc(-c3cnc(C)c(CC(=O)Nc4ccccc4)c3)ccn2)n1. The fourth-order valence-corrected chi connectivity index (χ4v) is 3.15. The van der Waals surface area contributed by atoms with Crippen LogP contribution >= 0.6 is 0 Å². The van der Waals surface area contributed by atoms with Gasteiger partial charge in [-0.3, -0.25) is 9.78 Å². The first-order valence-electron chi connectivity index (χ1n) is 9.90. The van der Waals surface area contributed by atoms with Crippen LogP contribution < -0.4 is 10.6 Å². The minimum absolute atomic E-state index is 0.0792. The lowest BCUT2D eigenvalue weighted by Gasteiger charge is -2.11. The Hall–Kier alpha value is -4.13. The van der Waals surface area contributed by atoms with E-state index in [1.807, 2.05) is 68.6 Å². The number of pyridine rings is 2. The first-order valence-corrected chi connectivity index (χ1v) is 9.90. The number of benzene rings is 1. The van der Waals surface area contributed by atoms with Gasteiger partial charge < -0.3 is 10.6 Å². The van der Waals surface area contributed by atoms with E-state index in [9.17, 15) is 4.79 Å². The number of carbonyl (C=O) groups is 1. The average Bonchev–Trinajstić information content (AvgIpc) is 2.76. The largest absolute Gasteiger partial charge is 0.326 e. The van der Waals surface area contributed by atoms with Crippen LogP contribution in [0.2, 0.25) is 0 Å². The number of aryl methyl sites for hydroxylation is 2. The number of para-hydroxylation sites is 1. The number of hydrogen-bond donors (Lipinski definition) is 2. The zero-order chi connectivity index (χ0) is 21.6. The molecule has 7 heteroatoms. The van der Waals surface area contributed by atoms with Crippen LogP contribution in [0.3, 0.4) is 0 Å². The molecule has 0 fully saturated rings. The van der Waals surface area contributed by atoms with E-state index < -0.39 is 0 Å². The minimum atomic E-state index is -0.0792. The molecule has 4 aromatic rings. The molecule has 7 nitrogen and oxygen atoms in total. The average molecular weight is 410 g/mol. The van der Waals surface area contributed by atoms with Crippen molar-refractivity contribution in [3.8, 4) is 11.1 Å². The molecular formula is C24H22N6O. The fourth-order valence-electron chi connectivity index (χ4n) is 3.15. The van der Waals surface area contributed by atoms with Gasteiger partial charge in [-0.2, -0.15) is 0 Å². The number of rotatable bonds is 6. The molecule has 31 heavy (non-hydrogen) atoms. The van der Waals surface area contributed by atoms with Gasteiger partial charge in [0, 0.05) is 35.5 Å². The molecule has 1 aromatic carbocycles. The Morgan fingerprint density at radius 3 is 2.48 bits per heavy atom. The van der Waals surface area contributed by atoms with Crippen LogP contribution in [0.4, 0.5) is 17.3 Å². The first-order chi connectivity index (χ1) is 15.1. The summed E-state index contributed by atoms with van der Waals surface area (Å²) in [5.74, 6) is 1.95. The molecule has 0 spiro atoms. The summed E-state index contributed by atoms with van der Waals surface area (Å²) in [4.78, 5) is 29.8. The minimum Gasteiger partial charge on any atom is -0.326 e. The molecule has 0 bridgehead atoms. The van der Waals surface area contributed by atoms with Crippen molar-refractivity contribution in [1.82, 2.24) is 19.9 Å². The van der Waals surface area contributed by atoms with E-state index in [0.29, 0.717) is 17.5 Å². The van der Waals surface area contributed by atoms with Gasteiger partial charge in [0.2, 0.25) is 5.91 Å². The molecule has 1 amide bonds. The zero-order valence-corrected chi connectivity index (χ0v) is 17.3. The van der Waals surface area contributed by atoms with Gasteiger partial charge in [-0.25, -0.2) is 15.0 Å². The standard InChI is InChI=1S/C24H22N6O/c1-16-19(14-24(31)29-21-6-4-3-5-7-21)12-20(15-27-16)18-8-10-26-23(13-18)30-22-9-11-25-17(2)28-22/h3-13,15H,14H2,1-2H3,(H,29,31)(H,25,26,28,30). The molecule has 154 valence electrons. The summed E-state index contributed by atoms with van der Waals surface area (Å²) in [6.45, 7) is 3.74. The number of aromatic nitrogens is 4. The molecule has 2 N–H and O–H groups in total. The summed E-state index contributed by atoms with van der Waals surface area (Å²) >= 11 is 0. The number of nitrogens with one attached hydrogen (secondary N) is 2. The quantitative estimate of drug-likeness (QED) is 0.487. The maximum atomic E-state index is 12.5. The lowest BCUT2D eigenvalue weighted by molar-refractivity contribution is -0.115. The van der Waals surface area contributed by atoms with E-state index in [0.717, 1.165) is 28.1 Å². The topological polar surface area (TPSA) is 92.7 Å². The second-order valence-corrected chi connectivity index (χ2v) is 7.10. The lowest BCUT2D eigenvalue weighted by atomic mass is 10.0. The predicted octanol–water partition coefficient (Wildman–Crippen LogP) is 4.48. The second kappa shape index (κ2) is 9.13. The number of anilines is 3. The number of nitrogens with zero attached hydrogens (tertiary/aromatic N) is 4. The molecule has 0 saturated carbocycles. The van der Waals surface area contributed by atoms with Gasteiger partial charge in [-0.05, 0) is 61.4 Å². The van der Waals surface area contributed by atoms with Gasteiger partial charge in [0.15, 0.2) is 0 Å². The lowest BCUT2D eigenvalue weighted by Crippen LogP contribution is -2.15. The third-order valence-corrected chi connectivity index (χ3v) is 4.73. The van der Waals surface area contributed by atoms with Crippen LogP contribution in [-0.2, 0) is 11.2 Å². The van der Waals surface area contributed by atoms with E-state index in [1.165, 1.54) is 0 Å². The van der Waals surface area contributed by atoms with E-state index in [1.54, 1.807) is 18.5 Å². The van der Waals surface area contributed by atoms with Gasteiger partial charge in [-0.15, -0.1) is 0 Å². The highest BCUT2D eigenvalue weighted by Gasteiger charge is 2.10. The van der Waals surface area contributed by atoms with Crippen molar-refractivity contribution >= 4 is 23.2 Å². The Labute approximate surface area is 180 Å². The van der Waals surface area contributed by atoms with Crippen molar-refractivity contribution in [2.75, 3.05) is 10.6 Å². The summed E-state index contributed by atoms with van der Waals surface area (Å²) in [6, 6.07) is 17.1. The van der Waals surface area contributed by atoms with Crippen molar-refractivity contribution in [2.24, 2.45) is 0 Å². The third kappa shape index (κ3) is 5.27. The molecule has 3 aromatic heterocycles. The van der Waals surface area contributed by atoms with E-state index >= 15 is 0 Å². The van der Waals surface area contributed by atoms with Gasteiger partial charge in [-0.1, -0.05) is 18.2 Å². The summed E-state index contributed by atoms with van der Waals surface area (Å²) in [7, 11) is 0. The van der Waals surface area contributed by atoms with Gasteiger partial charge >= 0.3 is 0 Å². The molecule has 3 heterocycles. The Morgan fingerprint density at radius 1 is 0.871 bits per heavy atom. The predicted molar refractivity (Wildman–Crippen MR) is 121 cm³/mol. The van der Waals surface area contributed by atoms with Gasteiger partial charge in [0.1, 0.15) is 17.5 Å². The van der Waals surface area contributed by atoms with Crippen LogP contribution in [0.25, 0.3) is 11.1 Å². The van der Waals surface area contributed by atoms with Crippen LogP contribution in [0, 0.1) is 13.8 Å². The van der Waals surface area contributed by atoms with Crippen molar-refractivity contribution < 1.29 is 4.79 Å². The summed E-state index contributed by atoms with van der Waals surface area (Å²) < 4.78 is 0. The Morgan fingerprint density at radius 2 is 1.68 bits per heavy atom. The van der Waals surface area contributed by atoms with Crippen molar-refractivity contribution in [2.45, 2.75) is 20.3 Å². The highest BCUT2D eigenvalue weighted by atomic mass is 16.1. The van der Waals surface area contributed by atoms with Crippen molar-refractivity contribution in [3.63, 3.8) is 0 Å².